The largest absolute Gasteiger partial charge is 0.481 e. The Balaban J connectivity index is 2.17. The zero-order valence-corrected chi connectivity index (χ0v) is 10.5. The summed E-state index contributed by atoms with van der Waals surface area (Å²) >= 11 is 0.379. The molecule has 0 bridgehead atoms. The van der Waals surface area contributed by atoms with E-state index in [1.54, 1.807) is 0 Å². The van der Waals surface area contributed by atoms with E-state index in [4.69, 9.17) is 9.84 Å². The van der Waals surface area contributed by atoms with Gasteiger partial charge in [-0.2, -0.15) is 13.2 Å². The van der Waals surface area contributed by atoms with E-state index in [1.807, 2.05) is 0 Å². The highest BCUT2D eigenvalue weighted by molar-refractivity contribution is 7.15. The van der Waals surface area contributed by atoms with Crippen LogP contribution in [0.4, 0.5) is 18.3 Å². The van der Waals surface area contributed by atoms with Gasteiger partial charge in [-0.25, -0.2) is 0 Å². The second kappa shape index (κ2) is 4.93. The predicted octanol–water partition coefficient (Wildman–Crippen LogP) is 1.09. The highest BCUT2D eigenvalue weighted by Gasteiger charge is 2.40. The van der Waals surface area contributed by atoms with Gasteiger partial charge in [0, 0.05) is 7.05 Å². The fraction of sp³-hybridized carbons (Fsp3) is 0.667. The Morgan fingerprint density at radius 1 is 1.47 bits per heavy atom. The molecule has 0 amide bonds. The van der Waals surface area contributed by atoms with Crippen LogP contribution in [0, 0.1) is 5.92 Å². The van der Waals surface area contributed by atoms with Crippen molar-refractivity contribution >= 4 is 22.4 Å². The van der Waals surface area contributed by atoms with Gasteiger partial charge < -0.3 is 14.7 Å². The lowest BCUT2D eigenvalue weighted by atomic mass is 10.0. The number of alkyl halides is 3. The first-order valence-electron chi connectivity index (χ1n) is 5.25. The molecule has 106 valence electrons. The van der Waals surface area contributed by atoms with Crippen LogP contribution in [0.15, 0.2) is 0 Å². The molecule has 2 unspecified atom stereocenters. The molecular formula is C9H10F3N3O3S. The third-order valence-electron chi connectivity index (χ3n) is 2.82. The quantitative estimate of drug-likeness (QED) is 0.900. The summed E-state index contributed by atoms with van der Waals surface area (Å²) in [5, 5.41) is 14.5. The molecule has 2 heterocycles. The summed E-state index contributed by atoms with van der Waals surface area (Å²) in [7, 11) is 1.48. The number of carboxylic acids is 1. The van der Waals surface area contributed by atoms with Crippen LogP contribution in [-0.4, -0.2) is 47.6 Å². The number of carbonyl (C=O) groups is 1. The number of hydrogen-bond donors (Lipinski definition) is 1. The van der Waals surface area contributed by atoms with Gasteiger partial charge >= 0.3 is 12.1 Å². The first kappa shape index (κ1) is 14.0. The molecule has 2 atom stereocenters. The van der Waals surface area contributed by atoms with Gasteiger partial charge in [-0.1, -0.05) is 11.3 Å². The number of aliphatic carboxylic acids is 1. The maximum absolute atomic E-state index is 12.4. The van der Waals surface area contributed by atoms with E-state index < -0.39 is 29.1 Å². The number of anilines is 1. The minimum atomic E-state index is -4.55. The van der Waals surface area contributed by atoms with Crippen LogP contribution in [0.3, 0.4) is 0 Å². The summed E-state index contributed by atoms with van der Waals surface area (Å²) in [5.41, 5.74) is 0. The van der Waals surface area contributed by atoms with Gasteiger partial charge in [-0.05, 0) is 0 Å². The summed E-state index contributed by atoms with van der Waals surface area (Å²) in [6.07, 6.45) is -4.55. The van der Waals surface area contributed by atoms with Crippen molar-refractivity contribution in [3.8, 4) is 0 Å². The van der Waals surface area contributed by atoms with E-state index in [2.05, 4.69) is 10.2 Å². The summed E-state index contributed by atoms with van der Waals surface area (Å²) in [4.78, 5) is 12.4. The molecule has 1 aromatic heterocycles. The molecule has 1 N–H and O–H groups in total. The van der Waals surface area contributed by atoms with Crippen LogP contribution in [0.2, 0.25) is 0 Å². The van der Waals surface area contributed by atoms with Crippen molar-refractivity contribution in [3.05, 3.63) is 5.01 Å². The minimum Gasteiger partial charge on any atom is -0.481 e. The van der Waals surface area contributed by atoms with Gasteiger partial charge in [0.25, 0.3) is 0 Å². The third-order valence-corrected chi connectivity index (χ3v) is 3.88. The topological polar surface area (TPSA) is 75.5 Å². The minimum absolute atomic E-state index is 0.0223. The van der Waals surface area contributed by atoms with Crippen molar-refractivity contribution in [2.24, 2.45) is 5.92 Å². The zero-order chi connectivity index (χ0) is 14.2. The Hall–Kier alpha value is -1.42. The van der Waals surface area contributed by atoms with Crippen molar-refractivity contribution in [1.82, 2.24) is 10.2 Å². The monoisotopic (exact) mass is 297 g/mol. The second-order valence-corrected chi connectivity index (χ2v) is 5.00. The van der Waals surface area contributed by atoms with Gasteiger partial charge in [0.2, 0.25) is 10.1 Å². The highest BCUT2D eigenvalue weighted by atomic mass is 32.1. The maximum atomic E-state index is 12.4. The molecule has 0 radical (unpaired) electrons. The SMILES string of the molecule is CN(c1nnc(C(F)(F)F)s1)C1COCC1C(=O)O. The maximum Gasteiger partial charge on any atom is 0.445 e. The Morgan fingerprint density at radius 2 is 2.16 bits per heavy atom. The third kappa shape index (κ3) is 2.78. The summed E-state index contributed by atoms with van der Waals surface area (Å²) in [6.45, 7) is 0.170. The molecule has 1 saturated heterocycles. The standard InChI is InChI=1S/C9H10F3N3O3S/c1-15(5-3-18-2-4(5)6(16)17)8-14-13-7(19-8)9(10,11)12/h4-5H,2-3H2,1H3,(H,16,17). The van der Waals surface area contributed by atoms with E-state index in [9.17, 15) is 18.0 Å². The normalized spacial score (nSPS) is 23.6. The van der Waals surface area contributed by atoms with Crippen molar-refractivity contribution < 1.29 is 27.8 Å². The van der Waals surface area contributed by atoms with Crippen LogP contribution in [0.25, 0.3) is 0 Å². The van der Waals surface area contributed by atoms with Crippen LogP contribution in [0.5, 0.6) is 0 Å². The number of ether oxygens (including phenoxy) is 1. The van der Waals surface area contributed by atoms with Crippen LogP contribution >= 0.6 is 11.3 Å². The molecule has 0 saturated carbocycles. The zero-order valence-electron chi connectivity index (χ0n) is 9.72. The molecule has 0 aromatic carbocycles. The smallest absolute Gasteiger partial charge is 0.445 e. The van der Waals surface area contributed by atoms with E-state index in [1.165, 1.54) is 11.9 Å². The average molecular weight is 297 g/mol. The molecule has 2 rings (SSSR count). The van der Waals surface area contributed by atoms with Crippen LogP contribution < -0.4 is 4.90 Å². The van der Waals surface area contributed by atoms with Gasteiger partial charge in [0.15, 0.2) is 0 Å². The summed E-state index contributed by atoms with van der Waals surface area (Å²) < 4.78 is 42.3. The van der Waals surface area contributed by atoms with Crippen molar-refractivity contribution in [1.29, 1.82) is 0 Å². The molecule has 0 aliphatic carbocycles. The first-order valence-corrected chi connectivity index (χ1v) is 6.06. The molecule has 10 heteroatoms. The molecule has 0 spiro atoms. The Kier molecular flexibility index (Phi) is 3.63. The lowest BCUT2D eigenvalue weighted by Gasteiger charge is -2.25. The number of hydrogen-bond acceptors (Lipinski definition) is 6. The number of rotatable bonds is 3. The van der Waals surface area contributed by atoms with E-state index >= 15 is 0 Å². The van der Waals surface area contributed by atoms with Gasteiger partial charge in [-0.3, -0.25) is 4.79 Å². The van der Waals surface area contributed by atoms with Crippen molar-refractivity contribution in [3.63, 3.8) is 0 Å². The Bertz CT molecular complexity index is 479. The van der Waals surface area contributed by atoms with E-state index in [-0.39, 0.29) is 18.3 Å². The van der Waals surface area contributed by atoms with Gasteiger partial charge in [-0.15, -0.1) is 10.2 Å². The number of carboxylic acid groups (broad SMARTS) is 1. The van der Waals surface area contributed by atoms with Gasteiger partial charge in [0.05, 0.1) is 19.3 Å². The van der Waals surface area contributed by atoms with Crippen LogP contribution in [-0.2, 0) is 15.7 Å². The number of halogens is 3. The molecular weight excluding hydrogens is 287 g/mol. The second-order valence-electron chi connectivity index (χ2n) is 4.05. The molecule has 1 aliphatic heterocycles. The molecule has 1 aromatic rings. The fourth-order valence-electron chi connectivity index (χ4n) is 1.78. The van der Waals surface area contributed by atoms with E-state index in [0.717, 1.165) is 0 Å². The molecule has 6 nitrogen and oxygen atoms in total. The Labute approximate surface area is 109 Å². The number of likely N-dealkylation sites (N-methyl/N-ethyl adjacent to an activating group) is 1. The van der Waals surface area contributed by atoms with Gasteiger partial charge in [0.1, 0.15) is 5.92 Å². The lowest BCUT2D eigenvalue weighted by Crippen LogP contribution is -2.40. The lowest BCUT2D eigenvalue weighted by molar-refractivity contribution is -0.142. The van der Waals surface area contributed by atoms with Crippen LogP contribution in [0.1, 0.15) is 5.01 Å². The van der Waals surface area contributed by atoms with Crippen molar-refractivity contribution in [2.45, 2.75) is 12.2 Å². The predicted molar refractivity (Wildman–Crippen MR) is 59.0 cm³/mol. The molecule has 1 fully saturated rings. The fourth-order valence-corrected chi connectivity index (χ4v) is 2.51. The highest BCUT2D eigenvalue weighted by Crippen LogP contribution is 2.35. The number of nitrogens with zero attached hydrogens (tertiary/aromatic N) is 3. The molecule has 19 heavy (non-hydrogen) atoms. The first-order chi connectivity index (χ1) is 8.80. The number of aromatic nitrogens is 2. The van der Waals surface area contributed by atoms with Crippen molar-refractivity contribution in [2.75, 3.05) is 25.2 Å². The Morgan fingerprint density at radius 3 is 2.68 bits per heavy atom. The average Bonchev–Trinajstić information content (AvgIpc) is 2.96. The molecule has 1 aliphatic rings. The summed E-state index contributed by atoms with van der Waals surface area (Å²) in [6, 6.07) is -0.550. The summed E-state index contributed by atoms with van der Waals surface area (Å²) in [5.74, 6) is -1.84. The van der Waals surface area contributed by atoms with E-state index in [0.29, 0.717) is 11.3 Å².